The van der Waals surface area contributed by atoms with Gasteiger partial charge in [0.1, 0.15) is 18.2 Å². The van der Waals surface area contributed by atoms with E-state index in [9.17, 15) is 18.4 Å². The molecule has 39 heavy (non-hydrogen) atoms. The molecule has 2 amide bonds. The highest BCUT2D eigenvalue weighted by molar-refractivity contribution is 6.06. The fourth-order valence-electron chi connectivity index (χ4n) is 4.91. The first kappa shape index (κ1) is 26.0. The van der Waals surface area contributed by atoms with E-state index >= 15 is 0 Å². The third kappa shape index (κ3) is 4.74. The zero-order chi connectivity index (χ0) is 27.7. The van der Waals surface area contributed by atoms with Gasteiger partial charge in [0.25, 0.3) is 11.8 Å². The van der Waals surface area contributed by atoms with Crippen molar-refractivity contribution in [1.82, 2.24) is 20.2 Å². The van der Waals surface area contributed by atoms with Crippen LogP contribution in [0.3, 0.4) is 0 Å². The van der Waals surface area contributed by atoms with Crippen LogP contribution in [-0.2, 0) is 11.2 Å². The van der Waals surface area contributed by atoms with E-state index in [0.29, 0.717) is 53.5 Å². The Morgan fingerprint density at radius 2 is 2.15 bits per heavy atom. The van der Waals surface area contributed by atoms with Gasteiger partial charge in [-0.3, -0.25) is 14.6 Å². The Hall–Kier alpha value is -4.59. The number of methoxy groups -OCH3 is 1. The molecule has 9 nitrogen and oxygen atoms in total. The predicted molar refractivity (Wildman–Crippen MR) is 140 cm³/mol. The number of hydrogen-bond donors (Lipinski definition) is 3. The lowest BCUT2D eigenvalue weighted by Gasteiger charge is -2.49. The van der Waals surface area contributed by atoms with Crippen molar-refractivity contribution in [2.45, 2.75) is 32.2 Å². The first-order chi connectivity index (χ1) is 18.8. The topological polar surface area (TPSA) is 109 Å². The summed E-state index contributed by atoms with van der Waals surface area (Å²) in [6, 6.07) is 3.53. The van der Waals surface area contributed by atoms with Crippen LogP contribution in [0.25, 0.3) is 11.3 Å². The summed E-state index contributed by atoms with van der Waals surface area (Å²) < 4.78 is 40.0. The van der Waals surface area contributed by atoms with Gasteiger partial charge in [-0.2, -0.15) is 0 Å². The van der Waals surface area contributed by atoms with E-state index in [1.54, 1.807) is 30.3 Å². The van der Waals surface area contributed by atoms with Crippen molar-refractivity contribution < 1.29 is 27.8 Å². The van der Waals surface area contributed by atoms with Gasteiger partial charge in [0, 0.05) is 49.1 Å². The van der Waals surface area contributed by atoms with E-state index < -0.39 is 17.2 Å². The van der Waals surface area contributed by atoms with E-state index in [-0.39, 0.29) is 29.9 Å². The number of pyridine rings is 1. The molecule has 0 spiro atoms. The van der Waals surface area contributed by atoms with Crippen LogP contribution in [0.5, 0.6) is 11.5 Å². The minimum absolute atomic E-state index is 0.0149. The molecule has 1 aromatic carbocycles. The minimum Gasteiger partial charge on any atom is -0.492 e. The molecule has 1 atom stereocenters. The van der Waals surface area contributed by atoms with Crippen molar-refractivity contribution in [2.24, 2.45) is 0 Å². The number of ether oxygens (including phenoxy) is 2. The van der Waals surface area contributed by atoms with Gasteiger partial charge in [-0.1, -0.05) is 5.92 Å². The molecular formula is C28H27F2N5O4. The summed E-state index contributed by atoms with van der Waals surface area (Å²) in [6.07, 6.45) is 4.39. The number of halogens is 2. The number of hydrogen-bond acceptors (Lipinski definition) is 6. The van der Waals surface area contributed by atoms with Gasteiger partial charge in [-0.25, -0.2) is 8.78 Å². The number of nitrogens with one attached hydrogen (secondary N) is 3. The molecule has 0 radical (unpaired) electrons. The summed E-state index contributed by atoms with van der Waals surface area (Å²) in [7, 11) is 1.28. The molecule has 2 aromatic heterocycles. The Kier molecular flexibility index (Phi) is 6.87. The van der Waals surface area contributed by atoms with Gasteiger partial charge in [0.15, 0.2) is 11.6 Å². The minimum atomic E-state index is -0.885. The van der Waals surface area contributed by atoms with Crippen molar-refractivity contribution in [2.75, 3.05) is 32.1 Å². The largest absolute Gasteiger partial charge is 0.492 e. The first-order valence-corrected chi connectivity index (χ1v) is 12.4. The number of H-pyrrole nitrogens is 1. The van der Waals surface area contributed by atoms with Crippen molar-refractivity contribution in [3.05, 3.63) is 53.5 Å². The second-order valence-electron chi connectivity index (χ2n) is 9.57. The molecule has 1 fully saturated rings. The molecule has 0 saturated carbocycles. The van der Waals surface area contributed by atoms with Crippen molar-refractivity contribution in [1.29, 1.82) is 0 Å². The van der Waals surface area contributed by atoms with Gasteiger partial charge in [-0.05, 0) is 32.3 Å². The van der Waals surface area contributed by atoms with Gasteiger partial charge in [0.05, 0.1) is 41.5 Å². The zero-order valence-electron chi connectivity index (χ0n) is 21.7. The Bertz CT molecular complexity index is 1530. The molecule has 5 rings (SSSR count). The molecule has 11 heteroatoms. The predicted octanol–water partition coefficient (Wildman–Crippen LogP) is 3.79. The van der Waals surface area contributed by atoms with Gasteiger partial charge < -0.3 is 30.0 Å². The number of carbonyl (C=O) groups is 2. The maximum absolute atomic E-state index is 14.5. The molecule has 0 bridgehead atoms. The van der Waals surface area contributed by atoms with Crippen molar-refractivity contribution in [3.8, 4) is 34.6 Å². The fourth-order valence-corrected chi connectivity index (χ4v) is 4.91. The van der Waals surface area contributed by atoms with E-state index in [2.05, 4.69) is 32.4 Å². The number of rotatable bonds is 7. The molecule has 3 aromatic rings. The van der Waals surface area contributed by atoms with Crippen LogP contribution >= 0.6 is 0 Å². The normalized spacial score (nSPS) is 17.8. The molecule has 2 aliphatic rings. The third-order valence-electron chi connectivity index (χ3n) is 7.03. The second kappa shape index (κ2) is 10.3. The lowest BCUT2D eigenvalue weighted by molar-refractivity contribution is -0.141. The molecule has 4 heterocycles. The highest BCUT2D eigenvalue weighted by Gasteiger charge is 2.44. The summed E-state index contributed by atoms with van der Waals surface area (Å²) in [5.74, 6) is 3.13. The summed E-state index contributed by atoms with van der Waals surface area (Å²) in [5.41, 5.74) is 1.82. The lowest BCUT2D eigenvalue weighted by Crippen LogP contribution is -2.63. The number of benzene rings is 1. The number of anilines is 2. The Labute approximate surface area is 223 Å². The Morgan fingerprint density at radius 1 is 1.33 bits per heavy atom. The second-order valence-corrected chi connectivity index (χ2v) is 9.57. The summed E-state index contributed by atoms with van der Waals surface area (Å²) in [4.78, 5) is 34.5. The Balaban J connectivity index is 1.54. The number of carbonyl (C=O) groups excluding carboxylic acids is 2. The highest BCUT2D eigenvalue weighted by atomic mass is 19.1. The van der Waals surface area contributed by atoms with E-state index in [1.807, 2.05) is 6.92 Å². The van der Waals surface area contributed by atoms with Crippen LogP contribution < -0.4 is 20.1 Å². The first-order valence-electron chi connectivity index (χ1n) is 12.4. The third-order valence-corrected chi connectivity index (χ3v) is 7.03. The number of nitrogens with zero attached hydrogens (tertiary/aromatic N) is 2. The average molecular weight is 536 g/mol. The molecule has 202 valence electrons. The smallest absolute Gasteiger partial charge is 0.299 e. The number of likely N-dealkylation sites (tertiary alicyclic amines) is 1. The molecular weight excluding hydrogens is 508 g/mol. The molecule has 1 saturated heterocycles. The maximum Gasteiger partial charge on any atom is 0.299 e. The van der Waals surface area contributed by atoms with E-state index in [4.69, 9.17) is 9.47 Å². The van der Waals surface area contributed by atoms with Crippen LogP contribution in [0.2, 0.25) is 0 Å². The van der Waals surface area contributed by atoms with Crippen LogP contribution in [0, 0.1) is 23.5 Å². The van der Waals surface area contributed by atoms with Crippen molar-refractivity contribution >= 4 is 23.2 Å². The Morgan fingerprint density at radius 3 is 2.87 bits per heavy atom. The van der Waals surface area contributed by atoms with E-state index in [0.717, 1.165) is 18.6 Å². The van der Waals surface area contributed by atoms with Gasteiger partial charge in [0.2, 0.25) is 0 Å². The number of aromatic nitrogens is 2. The van der Waals surface area contributed by atoms with Crippen LogP contribution in [0.1, 0.15) is 36.3 Å². The summed E-state index contributed by atoms with van der Waals surface area (Å²) in [6.45, 7) is 4.76. The highest BCUT2D eigenvalue weighted by Crippen LogP contribution is 2.42. The van der Waals surface area contributed by atoms with Crippen LogP contribution in [0.15, 0.2) is 30.6 Å². The van der Waals surface area contributed by atoms with Gasteiger partial charge >= 0.3 is 0 Å². The fraction of sp³-hybridized carbons (Fsp3) is 0.321. The average Bonchev–Trinajstić information content (AvgIpc) is 3.26. The number of fused-ring (bicyclic) bond motifs is 1. The van der Waals surface area contributed by atoms with E-state index in [1.165, 1.54) is 7.11 Å². The van der Waals surface area contributed by atoms with Crippen molar-refractivity contribution in [3.63, 3.8) is 0 Å². The van der Waals surface area contributed by atoms with Gasteiger partial charge in [-0.15, -0.1) is 0 Å². The summed E-state index contributed by atoms with van der Waals surface area (Å²) >= 11 is 0. The monoisotopic (exact) mass is 535 g/mol. The zero-order valence-corrected chi connectivity index (χ0v) is 21.7. The van der Waals surface area contributed by atoms with Crippen LogP contribution in [-0.4, -0.2) is 59.0 Å². The number of amides is 2. The maximum atomic E-state index is 14.5. The summed E-state index contributed by atoms with van der Waals surface area (Å²) in [5, 5.41) is 5.84. The SMILES string of the molecule is CC#CC(=O)N1CC[C@]1(C)COc1cnccc1-c1[nH]c2c(c1Nc1cc(F)cc(F)c1OC)C(=O)NCC2. The number of aromatic amines is 1. The molecule has 3 N–H and O–H groups in total. The molecule has 2 aliphatic heterocycles. The molecule has 0 aliphatic carbocycles. The standard InChI is InChI=1S/C28H27F2N5O4/c1-4-5-22(36)35-11-8-28(35,2)15-39-21-14-31-9-6-17(21)24-25(23-19(33-24)7-10-32-27(23)37)34-20-13-16(29)12-18(30)26(20)38-3/h6,9,12-14,33-34H,7-8,10-11,15H2,1-3H3,(H,32,37)/t28-/m1/s1. The quantitative estimate of drug-likeness (QED) is 0.398. The lowest BCUT2D eigenvalue weighted by atomic mass is 9.87. The molecule has 0 unspecified atom stereocenters. The van der Waals surface area contributed by atoms with Crippen LogP contribution in [0.4, 0.5) is 20.2 Å².